The van der Waals surface area contributed by atoms with E-state index in [0.717, 1.165) is 12.8 Å². The van der Waals surface area contributed by atoms with Gasteiger partial charge in [0.05, 0.1) is 27.4 Å². The van der Waals surface area contributed by atoms with Gasteiger partial charge in [-0.25, -0.2) is 0 Å². The molecule has 1 aromatic rings. The highest BCUT2D eigenvalue weighted by Gasteiger charge is 2.21. The summed E-state index contributed by atoms with van der Waals surface area (Å²) >= 11 is 0. The Hall–Kier alpha value is -1.46. The SMILES string of the molecule is CCC(N)(CO)CCCOc1c(OC)cccc1OC. The van der Waals surface area contributed by atoms with Gasteiger partial charge in [0, 0.05) is 5.54 Å². The van der Waals surface area contributed by atoms with Crippen LogP contribution in [0.2, 0.25) is 0 Å². The van der Waals surface area contributed by atoms with Crippen molar-refractivity contribution in [1.82, 2.24) is 0 Å². The molecule has 0 aromatic heterocycles. The van der Waals surface area contributed by atoms with Crippen molar-refractivity contribution < 1.29 is 19.3 Å². The van der Waals surface area contributed by atoms with E-state index in [-0.39, 0.29) is 6.61 Å². The van der Waals surface area contributed by atoms with E-state index in [1.54, 1.807) is 14.2 Å². The van der Waals surface area contributed by atoms with Crippen LogP contribution in [0.25, 0.3) is 0 Å². The van der Waals surface area contributed by atoms with Gasteiger partial charge in [0.15, 0.2) is 11.5 Å². The summed E-state index contributed by atoms with van der Waals surface area (Å²) in [6.07, 6.45) is 2.20. The summed E-state index contributed by atoms with van der Waals surface area (Å²) in [4.78, 5) is 0. The number of aliphatic hydroxyl groups is 1. The fraction of sp³-hybridized carbons (Fsp3) is 0.600. The average molecular weight is 283 g/mol. The third-order valence-electron chi connectivity index (χ3n) is 3.47. The molecule has 0 aliphatic rings. The summed E-state index contributed by atoms with van der Waals surface area (Å²) < 4.78 is 16.3. The van der Waals surface area contributed by atoms with Crippen LogP contribution in [0, 0.1) is 0 Å². The van der Waals surface area contributed by atoms with E-state index in [1.807, 2.05) is 25.1 Å². The third-order valence-corrected chi connectivity index (χ3v) is 3.47. The fourth-order valence-electron chi connectivity index (χ4n) is 1.93. The molecule has 114 valence electrons. The lowest BCUT2D eigenvalue weighted by atomic mass is 9.93. The molecule has 1 rings (SSSR count). The Morgan fingerprint density at radius 1 is 1.20 bits per heavy atom. The van der Waals surface area contributed by atoms with Crippen LogP contribution in [-0.4, -0.2) is 38.1 Å². The maximum atomic E-state index is 9.26. The number of benzene rings is 1. The predicted molar refractivity (Wildman–Crippen MR) is 78.6 cm³/mol. The van der Waals surface area contributed by atoms with Gasteiger partial charge in [-0.1, -0.05) is 13.0 Å². The molecule has 0 aliphatic heterocycles. The van der Waals surface area contributed by atoms with Crippen LogP contribution in [0.3, 0.4) is 0 Å². The van der Waals surface area contributed by atoms with E-state index in [9.17, 15) is 5.11 Å². The summed E-state index contributed by atoms with van der Waals surface area (Å²) in [5.41, 5.74) is 5.51. The molecule has 0 heterocycles. The minimum atomic E-state index is -0.520. The first kappa shape index (κ1) is 16.6. The molecule has 1 aromatic carbocycles. The van der Waals surface area contributed by atoms with Gasteiger partial charge in [0.25, 0.3) is 0 Å². The summed E-state index contributed by atoms with van der Waals surface area (Å²) in [7, 11) is 3.19. The molecule has 5 nitrogen and oxygen atoms in total. The van der Waals surface area contributed by atoms with Crippen LogP contribution in [0.5, 0.6) is 17.2 Å². The molecule has 0 spiro atoms. The lowest BCUT2D eigenvalue weighted by molar-refractivity contribution is 0.170. The van der Waals surface area contributed by atoms with E-state index in [4.69, 9.17) is 19.9 Å². The topological polar surface area (TPSA) is 73.9 Å². The molecule has 0 aliphatic carbocycles. The summed E-state index contributed by atoms with van der Waals surface area (Å²) in [5.74, 6) is 1.88. The number of aliphatic hydroxyl groups excluding tert-OH is 1. The first-order valence-corrected chi connectivity index (χ1v) is 6.83. The smallest absolute Gasteiger partial charge is 0.203 e. The van der Waals surface area contributed by atoms with Crippen molar-refractivity contribution in [1.29, 1.82) is 0 Å². The number of ether oxygens (including phenoxy) is 3. The summed E-state index contributed by atoms with van der Waals surface area (Å²) in [6, 6.07) is 5.49. The largest absolute Gasteiger partial charge is 0.493 e. The van der Waals surface area contributed by atoms with E-state index in [1.165, 1.54) is 0 Å². The number of hydrogen-bond donors (Lipinski definition) is 2. The van der Waals surface area contributed by atoms with Gasteiger partial charge in [0.1, 0.15) is 0 Å². The van der Waals surface area contributed by atoms with E-state index in [0.29, 0.717) is 30.3 Å². The van der Waals surface area contributed by atoms with Crippen LogP contribution in [0.4, 0.5) is 0 Å². The van der Waals surface area contributed by atoms with Gasteiger partial charge >= 0.3 is 0 Å². The molecule has 5 heteroatoms. The van der Waals surface area contributed by atoms with Crippen molar-refractivity contribution in [2.45, 2.75) is 31.7 Å². The second kappa shape index (κ2) is 7.97. The Bertz CT molecular complexity index is 383. The monoisotopic (exact) mass is 283 g/mol. The van der Waals surface area contributed by atoms with E-state index in [2.05, 4.69) is 0 Å². The van der Waals surface area contributed by atoms with Crippen molar-refractivity contribution >= 4 is 0 Å². The second-order valence-corrected chi connectivity index (χ2v) is 4.82. The Morgan fingerprint density at radius 2 is 1.80 bits per heavy atom. The van der Waals surface area contributed by atoms with Crippen LogP contribution >= 0.6 is 0 Å². The third kappa shape index (κ3) is 4.28. The summed E-state index contributed by atoms with van der Waals surface area (Å²) in [5, 5.41) is 9.26. The lowest BCUT2D eigenvalue weighted by Crippen LogP contribution is -2.43. The molecular formula is C15H25NO4. The van der Waals surface area contributed by atoms with Gasteiger partial charge in [-0.3, -0.25) is 0 Å². The minimum absolute atomic E-state index is 0.0124. The van der Waals surface area contributed by atoms with Crippen molar-refractivity contribution in [3.05, 3.63) is 18.2 Å². The van der Waals surface area contributed by atoms with Gasteiger partial charge < -0.3 is 25.1 Å². The number of hydrogen-bond acceptors (Lipinski definition) is 5. The molecule has 0 radical (unpaired) electrons. The Kier molecular flexibility index (Phi) is 6.61. The molecule has 1 atom stereocenters. The zero-order valence-corrected chi connectivity index (χ0v) is 12.5. The predicted octanol–water partition coefficient (Wildman–Crippen LogP) is 1.96. The number of rotatable bonds is 9. The van der Waals surface area contributed by atoms with Crippen LogP contribution < -0.4 is 19.9 Å². The van der Waals surface area contributed by atoms with Crippen molar-refractivity contribution in [2.24, 2.45) is 5.73 Å². The molecule has 0 fully saturated rings. The minimum Gasteiger partial charge on any atom is -0.493 e. The Labute approximate surface area is 120 Å². The van der Waals surface area contributed by atoms with Gasteiger partial charge in [-0.2, -0.15) is 0 Å². The molecule has 1 unspecified atom stereocenters. The lowest BCUT2D eigenvalue weighted by Gasteiger charge is -2.25. The van der Waals surface area contributed by atoms with E-state index >= 15 is 0 Å². The Balaban J connectivity index is 2.58. The zero-order valence-electron chi connectivity index (χ0n) is 12.5. The maximum Gasteiger partial charge on any atom is 0.203 e. The van der Waals surface area contributed by atoms with Crippen molar-refractivity contribution in [3.8, 4) is 17.2 Å². The van der Waals surface area contributed by atoms with E-state index < -0.39 is 5.54 Å². The van der Waals surface area contributed by atoms with Crippen molar-refractivity contribution in [3.63, 3.8) is 0 Å². The molecule has 20 heavy (non-hydrogen) atoms. The van der Waals surface area contributed by atoms with Gasteiger partial charge in [-0.05, 0) is 31.4 Å². The molecule has 3 N–H and O–H groups in total. The molecule has 0 bridgehead atoms. The van der Waals surface area contributed by atoms with Crippen LogP contribution in [0.1, 0.15) is 26.2 Å². The average Bonchev–Trinajstić information content (AvgIpc) is 2.50. The molecule has 0 saturated heterocycles. The van der Waals surface area contributed by atoms with Crippen LogP contribution in [-0.2, 0) is 0 Å². The molecular weight excluding hydrogens is 258 g/mol. The van der Waals surface area contributed by atoms with Crippen LogP contribution in [0.15, 0.2) is 18.2 Å². The zero-order chi connectivity index (χ0) is 15.0. The molecule has 0 saturated carbocycles. The standard InChI is InChI=1S/C15H25NO4/c1-4-15(16,11-17)9-6-10-20-14-12(18-2)7-5-8-13(14)19-3/h5,7-8,17H,4,6,9-11,16H2,1-3H3. The Morgan fingerprint density at radius 3 is 2.25 bits per heavy atom. The fourth-order valence-corrected chi connectivity index (χ4v) is 1.93. The molecule has 0 amide bonds. The highest BCUT2D eigenvalue weighted by Crippen LogP contribution is 2.36. The van der Waals surface area contributed by atoms with Crippen molar-refractivity contribution in [2.75, 3.05) is 27.4 Å². The number of nitrogens with two attached hydrogens (primary N) is 1. The maximum absolute atomic E-state index is 9.26. The normalized spacial score (nSPS) is 13.7. The highest BCUT2D eigenvalue weighted by molar-refractivity contribution is 5.51. The summed E-state index contributed by atoms with van der Waals surface area (Å²) in [6.45, 7) is 2.46. The van der Waals surface area contributed by atoms with Gasteiger partial charge in [0.2, 0.25) is 5.75 Å². The number of para-hydroxylation sites is 1. The number of methoxy groups -OCH3 is 2. The first-order valence-electron chi connectivity index (χ1n) is 6.83. The quantitative estimate of drug-likeness (QED) is 0.678. The van der Waals surface area contributed by atoms with Gasteiger partial charge in [-0.15, -0.1) is 0 Å². The first-order chi connectivity index (χ1) is 9.60. The second-order valence-electron chi connectivity index (χ2n) is 4.82. The highest BCUT2D eigenvalue weighted by atomic mass is 16.5.